The van der Waals surface area contributed by atoms with Crippen molar-refractivity contribution in [2.75, 3.05) is 12.4 Å². The monoisotopic (exact) mass is 402 g/mol. The summed E-state index contributed by atoms with van der Waals surface area (Å²) >= 11 is 7.21. The van der Waals surface area contributed by atoms with Crippen molar-refractivity contribution in [2.24, 2.45) is 7.05 Å². The molecule has 8 heteroatoms. The van der Waals surface area contributed by atoms with Crippen molar-refractivity contribution in [2.45, 2.75) is 17.3 Å². The molecule has 1 aromatic heterocycles. The fourth-order valence-corrected chi connectivity index (χ4v) is 3.41. The van der Waals surface area contributed by atoms with Crippen LogP contribution in [0.1, 0.15) is 6.92 Å². The lowest BCUT2D eigenvalue weighted by Gasteiger charge is -2.12. The fourth-order valence-electron chi connectivity index (χ4n) is 2.47. The van der Waals surface area contributed by atoms with E-state index in [1.54, 1.807) is 31.4 Å². The minimum Gasteiger partial charge on any atom is -0.496 e. The molecule has 0 fully saturated rings. The van der Waals surface area contributed by atoms with Gasteiger partial charge < -0.3 is 14.6 Å². The number of methoxy groups -OCH3 is 1. The van der Waals surface area contributed by atoms with Gasteiger partial charge in [0.25, 0.3) is 0 Å². The zero-order chi connectivity index (χ0) is 19.4. The number of aromatic nitrogens is 3. The van der Waals surface area contributed by atoms with E-state index in [4.69, 9.17) is 16.3 Å². The lowest BCUT2D eigenvalue weighted by molar-refractivity contribution is -0.115. The first kappa shape index (κ1) is 19.3. The molecule has 2 aromatic carbocycles. The predicted octanol–water partition coefficient (Wildman–Crippen LogP) is 4.26. The minimum atomic E-state index is -0.353. The lowest BCUT2D eigenvalue weighted by atomic mass is 10.2. The smallest absolute Gasteiger partial charge is 0.237 e. The summed E-state index contributed by atoms with van der Waals surface area (Å²) in [6, 6.07) is 14.6. The molecule has 3 aromatic rings. The summed E-state index contributed by atoms with van der Waals surface area (Å²) in [6.07, 6.45) is 0. The molecular formula is C19H19ClN4O2S. The number of halogens is 1. The molecule has 0 aliphatic carbocycles. The van der Waals surface area contributed by atoms with Crippen molar-refractivity contribution >= 4 is 35.0 Å². The number of thioether (sulfide) groups is 1. The number of para-hydroxylation sites is 1. The van der Waals surface area contributed by atoms with Crippen LogP contribution in [0.15, 0.2) is 53.7 Å². The van der Waals surface area contributed by atoms with Gasteiger partial charge in [-0.15, -0.1) is 10.2 Å². The Hall–Kier alpha value is -2.51. The molecule has 0 saturated carbocycles. The summed E-state index contributed by atoms with van der Waals surface area (Å²) in [6.45, 7) is 1.83. The Morgan fingerprint density at radius 3 is 2.59 bits per heavy atom. The van der Waals surface area contributed by atoms with Crippen LogP contribution >= 0.6 is 23.4 Å². The van der Waals surface area contributed by atoms with E-state index in [0.717, 1.165) is 11.3 Å². The van der Waals surface area contributed by atoms with Crippen LogP contribution in [-0.4, -0.2) is 33.0 Å². The van der Waals surface area contributed by atoms with Gasteiger partial charge >= 0.3 is 0 Å². The summed E-state index contributed by atoms with van der Waals surface area (Å²) in [4.78, 5) is 12.4. The molecule has 0 bridgehead atoms. The number of carbonyl (C=O) groups excluding carboxylic acids is 1. The van der Waals surface area contributed by atoms with Gasteiger partial charge in [-0.05, 0) is 43.3 Å². The maximum absolute atomic E-state index is 12.4. The molecule has 0 radical (unpaired) electrons. The topological polar surface area (TPSA) is 69.0 Å². The second kappa shape index (κ2) is 8.45. The number of rotatable bonds is 6. The molecule has 0 saturated heterocycles. The van der Waals surface area contributed by atoms with Crippen LogP contribution in [0.5, 0.6) is 5.75 Å². The summed E-state index contributed by atoms with van der Waals surface area (Å²) in [5.41, 5.74) is 1.55. The maximum Gasteiger partial charge on any atom is 0.237 e. The highest BCUT2D eigenvalue weighted by Gasteiger charge is 2.20. The summed E-state index contributed by atoms with van der Waals surface area (Å²) in [7, 11) is 3.49. The van der Waals surface area contributed by atoms with Crippen molar-refractivity contribution in [3.05, 3.63) is 53.6 Å². The molecule has 0 unspecified atom stereocenters. The molecule has 6 nitrogen and oxygen atoms in total. The number of amides is 1. The van der Waals surface area contributed by atoms with Gasteiger partial charge in [-0.2, -0.15) is 0 Å². The van der Waals surface area contributed by atoms with Crippen LogP contribution in [0, 0.1) is 0 Å². The van der Waals surface area contributed by atoms with E-state index < -0.39 is 0 Å². The average Bonchev–Trinajstić information content (AvgIpc) is 3.03. The number of nitrogens with one attached hydrogen (secondary N) is 1. The summed E-state index contributed by atoms with van der Waals surface area (Å²) in [5.74, 6) is 1.28. The Labute approximate surface area is 166 Å². The third kappa shape index (κ3) is 4.43. The predicted molar refractivity (Wildman–Crippen MR) is 108 cm³/mol. The Bertz CT molecular complexity index is 943. The van der Waals surface area contributed by atoms with E-state index in [9.17, 15) is 4.79 Å². The Morgan fingerprint density at radius 1 is 1.19 bits per heavy atom. The van der Waals surface area contributed by atoms with E-state index in [2.05, 4.69) is 15.5 Å². The first-order valence-corrected chi connectivity index (χ1v) is 9.51. The van der Waals surface area contributed by atoms with E-state index in [0.29, 0.717) is 21.7 Å². The lowest BCUT2D eigenvalue weighted by Crippen LogP contribution is -2.22. The Balaban J connectivity index is 1.73. The van der Waals surface area contributed by atoms with E-state index in [-0.39, 0.29) is 11.2 Å². The molecule has 0 spiro atoms. The molecule has 27 heavy (non-hydrogen) atoms. The summed E-state index contributed by atoms with van der Waals surface area (Å²) < 4.78 is 7.25. The molecule has 1 heterocycles. The SMILES string of the molecule is COc1ccccc1-c1nnc(S[C@H](C)C(=O)Nc2ccc(Cl)cc2)n1C. The van der Waals surface area contributed by atoms with Gasteiger partial charge in [0.2, 0.25) is 5.91 Å². The molecule has 3 rings (SSSR count). The third-order valence-corrected chi connectivity index (χ3v) is 5.33. The van der Waals surface area contributed by atoms with Gasteiger partial charge in [-0.25, -0.2) is 0 Å². The largest absolute Gasteiger partial charge is 0.496 e. The zero-order valence-corrected chi connectivity index (χ0v) is 16.7. The van der Waals surface area contributed by atoms with Crippen LogP contribution in [-0.2, 0) is 11.8 Å². The summed E-state index contributed by atoms with van der Waals surface area (Å²) in [5, 5.41) is 12.3. The van der Waals surface area contributed by atoms with E-state index in [1.165, 1.54) is 11.8 Å². The zero-order valence-electron chi connectivity index (χ0n) is 15.1. The maximum atomic E-state index is 12.4. The number of anilines is 1. The quantitative estimate of drug-likeness (QED) is 0.624. The Morgan fingerprint density at radius 2 is 1.89 bits per heavy atom. The third-order valence-electron chi connectivity index (χ3n) is 3.95. The highest BCUT2D eigenvalue weighted by atomic mass is 35.5. The molecule has 1 atom stereocenters. The number of ether oxygens (including phenoxy) is 1. The number of hydrogen-bond donors (Lipinski definition) is 1. The van der Waals surface area contributed by atoms with Crippen molar-refractivity contribution in [3.63, 3.8) is 0 Å². The second-order valence-corrected chi connectivity index (χ2v) is 7.57. The van der Waals surface area contributed by atoms with Gasteiger partial charge in [-0.1, -0.05) is 35.5 Å². The molecule has 1 amide bonds. The molecular weight excluding hydrogens is 384 g/mol. The first-order valence-electron chi connectivity index (χ1n) is 8.25. The van der Waals surface area contributed by atoms with Crippen LogP contribution in [0.2, 0.25) is 5.02 Å². The van der Waals surface area contributed by atoms with Gasteiger partial charge in [-0.3, -0.25) is 4.79 Å². The fraction of sp³-hybridized carbons (Fsp3) is 0.211. The molecule has 140 valence electrons. The molecule has 1 N–H and O–H groups in total. The van der Waals surface area contributed by atoms with Gasteiger partial charge in [0.15, 0.2) is 11.0 Å². The number of carbonyl (C=O) groups is 1. The highest BCUT2D eigenvalue weighted by molar-refractivity contribution is 8.00. The average molecular weight is 403 g/mol. The van der Waals surface area contributed by atoms with Crippen molar-refractivity contribution in [3.8, 4) is 17.1 Å². The van der Waals surface area contributed by atoms with E-state index >= 15 is 0 Å². The van der Waals surface area contributed by atoms with Crippen molar-refractivity contribution in [1.82, 2.24) is 14.8 Å². The van der Waals surface area contributed by atoms with Crippen molar-refractivity contribution in [1.29, 1.82) is 0 Å². The first-order chi connectivity index (χ1) is 13.0. The molecule has 0 aliphatic rings. The minimum absolute atomic E-state index is 0.121. The standard InChI is InChI=1S/C19H19ClN4O2S/c1-12(18(25)21-14-10-8-13(20)9-11-14)27-19-23-22-17(24(19)2)15-6-4-5-7-16(15)26-3/h4-12H,1-3H3,(H,21,25)/t12-/m1/s1. The second-order valence-electron chi connectivity index (χ2n) is 5.82. The van der Waals surface area contributed by atoms with Crippen LogP contribution in [0.4, 0.5) is 5.69 Å². The van der Waals surface area contributed by atoms with Gasteiger partial charge in [0, 0.05) is 17.8 Å². The van der Waals surface area contributed by atoms with Crippen LogP contribution < -0.4 is 10.1 Å². The van der Waals surface area contributed by atoms with Crippen molar-refractivity contribution < 1.29 is 9.53 Å². The number of benzene rings is 2. The number of hydrogen-bond acceptors (Lipinski definition) is 5. The highest BCUT2D eigenvalue weighted by Crippen LogP contribution is 2.31. The van der Waals surface area contributed by atoms with E-state index in [1.807, 2.05) is 42.8 Å². The molecule has 0 aliphatic heterocycles. The van der Waals surface area contributed by atoms with Gasteiger partial charge in [0.1, 0.15) is 5.75 Å². The Kier molecular flexibility index (Phi) is 6.03. The van der Waals surface area contributed by atoms with Crippen LogP contribution in [0.3, 0.4) is 0 Å². The van der Waals surface area contributed by atoms with Crippen LogP contribution in [0.25, 0.3) is 11.4 Å². The normalized spacial score (nSPS) is 11.9. The van der Waals surface area contributed by atoms with Gasteiger partial charge in [0.05, 0.1) is 17.9 Å². The number of nitrogens with zero attached hydrogens (tertiary/aromatic N) is 3.